The molecular formula is C8H14N4. The Bertz CT molecular complexity index is 216. The monoisotopic (exact) mass is 166 g/mol. The van der Waals surface area contributed by atoms with Crippen molar-refractivity contribution in [3.63, 3.8) is 0 Å². The maximum atomic E-state index is 8.76. The lowest BCUT2D eigenvalue weighted by Crippen LogP contribution is -2.41. The molecule has 0 radical (unpaired) electrons. The number of hydrogen-bond donors (Lipinski definition) is 0. The average Bonchev–Trinajstić information content (AvgIpc) is 2.46. The van der Waals surface area contributed by atoms with Crippen LogP contribution in [0.4, 0.5) is 0 Å². The van der Waals surface area contributed by atoms with Crippen LogP contribution >= 0.6 is 0 Å². The summed E-state index contributed by atoms with van der Waals surface area (Å²) in [4.78, 5) is 1.59. The van der Waals surface area contributed by atoms with Gasteiger partial charge in [-0.2, -0.15) is 10.4 Å². The third-order valence-electron chi connectivity index (χ3n) is 1.95. The van der Waals surface area contributed by atoms with Gasteiger partial charge in [0.1, 0.15) is 12.5 Å². The van der Waals surface area contributed by atoms with E-state index >= 15 is 0 Å². The molecule has 0 aromatic rings. The summed E-state index contributed by atoms with van der Waals surface area (Å²) in [6.45, 7) is 7.06. The maximum absolute atomic E-state index is 8.76. The van der Waals surface area contributed by atoms with Gasteiger partial charge in [-0.25, -0.2) is 4.90 Å². The number of rotatable bonds is 2. The topological polar surface area (TPSA) is 42.6 Å². The smallest absolute Gasteiger partial charge is 0.187 e. The van der Waals surface area contributed by atoms with Crippen LogP contribution in [0.2, 0.25) is 0 Å². The molecule has 0 aliphatic carbocycles. The van der Waals surface area contributed by atoms with Crippen molar-refractivity contribution in [3.8, 4) is 6.19 Å². The van der Waals surface area contributed by atoms with Crippen LogP contribution in [0.25, 0.3) is 0 Å². The Hall–Kier alpha value is -1.24. The number of hydrazone groups is 1. The lowest BCUT2D eigenvalue weighted by atomic mass is 10.1. The van der Waals surface area contributed by atoms with Crippen molar-refractivity contribution in [2.24, 2.45) is 11.0 Å². The Morgan fingerprint density at radius 3 is 2.75 bits per heavy atom. The summed E-state index contributed by atoms with van der Waals surface area (Å²) in [7, 11) is 0. The van der Waals surface area contributed by atoms with E-state index < -0.39 is 0 Å². The van der Waals surface area contributed by atoms with E-state index in [2.05, 4.69) is 25.1 Å². The summed E-state index contributed by atoms with van der Waals surface area (Å²) < 4.78 is 0. The van der Waals surface area contributed by atoms with Crippen LogP contribution in [-0.4, -0.2) is 29.0 Å². The molecule has 1 unspecified atom stereocenters. The van der Waals surface area contributed by atoms with Crippen LogP contribution in [0.1, 0.15) is 20.8 Å². The van der Waals surface area contributed by atoms with Gasteiger partial charge in [0.05, 0.1) is 0 Å². The third-order valence-corrected chi connectivity index (χ3v) is 1.95. The fourth-order valence-electron chi connectivity index (χ4n) is 1.42. The van der Waals surface area contributed by atoms with E-state index in [1.165, 1.54) is 0 Å². The third kappa shape index (κ3) is 1.35. The predicted octanol–water partition coefficient (Wildman–Crippen LogP) is 1.03. The van der Waals surface area contributed by atoms with Crippen molar-refractivity contribution in [1.29, 1.82) is 5.26 Å². The summed E-state index contributed by atoms with van der Waals surface area (Å²) >= 11 is 0. The summed E-state index contributed by atoms with van der Waals surface area (Å²) in [5.41, 5.74) is 0. The lowest BCUT2D eigenvalue weighted by Gasteiger charge is -2.28. The van der Waals surface area contributed by atoms with E-state index in [-0.39, 0.29) is 6.17 Å². The standard InChI is InChI=1S/C8H14N4/c1-4-12-8(7(2)3)11(5-9)6-10-12/h6-8H,4H2,1-3H3. The van der Waals surface area contributed by atoms with Crippen LogP contribution in [0.5, 0.6) is 0 Å². The van der Waals surface area contributed by atoms with Crippen molar-refractivity contribution in [2.75, 3.05) is 6.54 Å². The molecule has 66 valence electrons. The van der Waals surface area contributed by atoms with Crippen molar-refractivity contribution in [3.05, 3.63) is 0 Å². The van der Waals surface area contributed by atoms with E-state index in [9.17, 15) is 0 Å². The molecule has 0 saturated carbocycles. The normalized spacial score (nSPS) is 22.1. The summed E-state index contributed by atoms with van der Waals surface area (Å²) in [6.07, 6.45) is 3.80. The summed E-state index contributed by atoms with van der Waals surface area (Å²) in [6, 6.07) is 0. The van der Waals surface area contributed by atoms with E-state index in [0.29, 0.717) is 5.92 Å². The van der Waals surface area contributed by atoms with Gasteiger partial charge in [0.2, 0.25) is 0 Å². The van der Waals surface area contributed by atoms with Gasteiger partial charge in [0, 0.05) is 6.54 Å². The first-order chi connectivity index (χ1) is 5.70. The van der Waals surface area contributed by atoms with Crippen LogP contribution < -0.4 is 0 Å². The zero-order valence-corrected chi connectivity index (χ0v) is 7.73. The highest BCUT2D eigenvalue weighted by Crippen LogP contribution is 2.18. The largest absolute Gasteiger partial charge is 0.272 e. The summed E-state index contributed by atoms with van der Waals surface area (Å²) in [5, 5.41) is 14.8. The lowest BCUT2D eigenvalue weighted by molar-refractivity contribution is 0.124. The van der Waals surface area contributed by atoms with E-state index in [0.717, 1.165) is 6.54 Å². The molecule has 0 bridgehead atoms. The first kappa shape index (κ1) is 8.85. The maximum Gasteiger partial charge on any atom is 0.187 e. The summed E-state index contributed by atoms with van der Waals surface area (Å²) in [5.74, 6) is 0.409. The van der Waals surface area contributed by atoms with Gasteiger partial charge in [-0.15, -0.1) is 0 Å². The van der Waals surface area contributed by atoms with E-state index in [1.807, 2.05) is 11.9 Å². The van der Waals surface area contributed by atoms with E-state index in [4.69, 9.17) is 5.26 Å². The van der Waals surface area contributed by atoms with Crippen LogP contribution in [-0.2, 0) is 0 Å². The van der Waals surface area contributed by atoms with Crippen molar-refractivity contribution >= 4 is 6.34 Å². The van der Waals surface area contributed by atoms with Gasteiger partial charge in [0.15, 0.2) is 6.19 Å². The minimum atomic E-state index is 0.111. The predicted molar refractivity (Wildman–Crippen MR) is 47.0 cm³/mol. The van der Waals surface area contributed by atoms with Gasteiger partial charge in [-0.05, 0) is 12.8 Å². The Morgan fingerprint density at radius 1 is 1.67 bits per heavy atom. The van der Waals surface area contributed by atoms with Gasteiger partial charge >= 0.3 is 0 Å². The number of nitrogens with zero attached hydrogens (tertiary/aromatic N) is 4. The van der Waals surface area contributed by atoms with Gasteiger partial charge < -0.3 is 0 Å². The minimum Gasteiger partial charge on any atom is -0.272 e. The minimum absolute atomic E-state index is 0.111. The first-order valence-electron chi connectivity index (χ1n) is 4.19. The zero-order chi connectivity index (χ0) is 9.14. The van der Waals surface area contributed by atoms with Crippen molar-refractivity contribution < 1.29 is 0 Å². The first-order valence-corrected chi connectivity index (χ1v) is 4.19. The molecule has 1 aliphatic heterocycles. The molecule has 0 aromatic carbocycles. The second kappa shape index (κ2) is 3.44. The molecule has 12 heavy (non-hydrogen) atoms. The molecule has 1 rings (SSSR count). The van der Waals surface area contributed by atoms with Crippen LogP contribution in [0.3, 0.4) is 0 Å². The van der Waals surface area contributed by atoms with Gasteiger partial charge in [0.25, 0.3) is 0 Å². The van der Waals surface area contributed by atoms with Gasteiger partial charge in [-0.1, -0.05) is 13.8 Å². The average molecular weight is 166 g/mol. The van der Waals surface area contributed by atoms with Crippen molar-refractivity contribution in [2.45, 2.75) is 26.9 Å². The molecule has 4 heteroatoms. The molecule has 0 spiro atoms. The fraction of sp³-hybridized carbons (Fsp3) is 0.750. The molecule has 0 amide bonds. The van der Waals surface area contributed by atoms with Gasteiger partial charge in [-0.3, -0.25) is 5.01 Å². The highest BCUT2D eigenvalue weighted by Gasteiger charge is 2.29. The van der Waals surface area contributed by atoms with Crippen LogP contribution in [0.15, 0.2) is 5.10 Å². The highest BCUT2D eigenvalue weighted by atomic mass is 15.6. The zero-order valence-electron chi connectivity index (χ0n) is 7.73. The van der Waals surface area contributed by atoms with E-state index in [1.54, 1.807) is 11.2 Å². The number of hydrogen-bond acceptors (Lipinski definition) is 4. The molecule has 1 atom stereocenters. The molecule has 0 fully saturated rings. The molecule has 0 N–H and O–H groups in total. The van der Waals surface area contributed by atoms with Crippen molar-refractivity contribution in [1.82, 2.24) is 9.91 Å². The van der Waals surface area contributed by atoms with Crippen LogP contribution in [0, 0.1) is 17.4 Å². The molecule has 4 nitrogen and oxygen atoms in total. The highest BCUT2D eigenvalue weighted by molar-refractivity contribution is 5.59. The fourth-order valence-corrected chi connectivity index (χ4v) is 1.42. The molecule has 1 aliphatic rings. The number of nitriles is 1. The molecular weight excluding hydrogens is 152 g/mol. The Morgan fingerprint density at radius 2 is 2.33 bits per heavy atom. The quantitative estimate of drug-likeness (QED) is 0.575. The molecule has 0 saturated heterocycles. The second-order valence-corrected chi connectivity index (χ2v) is 3.15. The SMILES string of the molecule is CCN1N=CN(C#N)C1C(C)C. The second-order valence-electron chi connectivity index (χ2n) is 3.15. The Labute approximate surface area is 73.1 Å². The molecule has 0 aromatic heterocycles. The Balaban J connectivity index is 2.73. The Kier molecular flexibility index (Phi) is 2.54. The molecule has 1 heterocycles.